The van der Waals surface area contributed by atoms with E-state index < -0.39 is 0 Å². The Labute approximate surface area is 102 Å². The molecule has 0 bridgehead atoms. The van der Waals surface area contributed by atoms with E-state index in [1.54, 1.807) is 0 Å². The lowest BCUT2D eigenvalue weighted by Crippen LogP contribution is -2.43. The van der Waals surface area contributed by atoms with Gasteiger partial charge >= 0.3 is 0 Å². The summed E-state index contributed by atoms with van der Waals surface area (Å²) in [5.74, 6) is 0.499. The molecule has 4 heteroatoms. The summed E-state index contributed by atoms with van der Waals surface area (Å²) in [6, 6.07) is 5.80. The van der Waals surface area contributed by atoms with E-state index in [1.165, 1.54) is 0 Å². The fourth-order valence-corrected chi connectivity index (χ4v) is 2.17. The van der Waals surface area contributed by atoms with Crippen LogP contribution in [-0.2, 0) is 11.3 Å². The van der Waals surface area contributed by atoms with Crippen molar-refractivity contribution in [3.63, 3.8) is 0 Å². The van der Waals surface area contributed by atoms with Crippen molar-refractivity contribution in [3.05, 3.63) is 29.6 Å². The van der Waals surface area contributed by atoms with Crippen LogP contribution in [0.3, 0.4) is 0 Å². The van der Waals surface area contributed by atoms with Crippen molar-refractivity contribution in [1.29, 1.82) is 0 Å². The Morgan fingerprint density at radius 3 is 3.06 bits per heavy atom. The normalized spacial score (nSPS) is 23.6. The largest absolute Gasteiger partial charge is 0.349 e. The highest BCUT2D eigenvalue weighted by molar-refractivity contribution is 5.82. The SMILES string of the molecule is Cc1cccc(CNC(=O)C2NCCC2C)n1. The van der Waals surface area contributed by atoms with Crippen molar-refractivity contribution in [3.8, 4) is 0 Å². The molecular weight excluding hydrogens is 214 g/mol. The molecule has 1 fully saturated rings. The molecule has 2 N–H and O–H groups in total. The van der Waals surface area contributed by atoms with Gasteiger partial charge in [0.25, 0.3) is 0 Å². The molecule has 2 heterocycles. The van der Waals surface area contributed by atoms with E-state index in [2.05, 4.69) is 22.5 Å². The topological polar surface area (TPSA) is 54.0 Å². The molecule has 0 aliphatic carbocycles. The Morgan fingerprint density at radius 2 is 2.41 bits per heavy atom. The Morgan fingerprint density at radius 1 is 1.59 bits per heavy atom. The van der Waals surface area contributed by atoms with Crippen molar-refractivity contribution in [2.24, 2.45) is 5.92 Å². The van der Waals surface area contributed by atoms with Crippen LogP contribution in [0.5, 0.6) is 0 Å². The zero-order valence-electron chi connectivity index (χ0n) is 10.4. The third-order valence-electron chi connectivity index (χ3n) is 3.21. The molecule has 2 atom stereocenters. The lowest BCUT2D eigenvalue weighted by atomic mass is 10.0. The minimum atomic E-state index is -0.0418. The minimum Gasteiger partial charge on any atom is -0.349 e. The maximum atomic E-state index is 11.9. The molecular formula is C13H19N3O. The van der Waals surface area contributed by atoms with E-state index in [0.717, 1.165) is 24.4 Å². The highest BCUT2D eigenvalue weighted by Crippen LogP contribution is 2.14. The number of nitrogens with zero attached hydrogens (tertiary/aromatic N) is 1. The van der Waals surface area contributed by atoms with Crippen LogP contribution < -0.4 is 10.6 Å². The predicted octanol–water partition coefficient (Wildman–Crippen LogP) is 1.00. The summed E-state index contributed by atoms with van der Waals surface area (Å²) >= 11 is 0. The lowest BCUT2D eigenvalue weighted by molar-refractivity contribution is -0.123. The fourth-order valence-electron chi connectivity index (χ4n) is 2.17. The first-order valence-electron chi connectivity index (χ1n) is 6.10. The van der Waals surface area contributed by atoms with E-state index in [4.69, 9.17) is 0 Å². The molecule has 1 saturated heterocycles. The summed E-state index contributed by atoms with van der Waals surface area (Å²) in [7, 11) is 0. The number of rotatable bonds is 3. The standard InChI is InChI=1S/C13H19N3O/c1-9-6-7-14-12(9)13(17)15-8-11-5-3-4-10(2)16-11/h3-5,9,12,14H,6-8H2,1-2H3,(H,15,17). The molecule has 0 aromatic carbocycles. The summed E-state index contributed by atoms with van der Waals surface area (Å²) in [4.78, 5) is 16.3. The molecule has 2 rings (SSSR count). The van der Waals surface area contributed by atoms with Gasteiger partial charge in [0, 0.05) is 5.69 Å². The third kappa shape index (κ3) is 3.03. The second-order valence-corrected chi connectivity index (χ2v) is 4.69. The molecule has 0 spiro atoms. The number of carbonyl (C=O) groups is 1. The summed E-state index contributed by atoms with van der Waals surface area (Å²) in [5, 5.41) is 6.16. The van der Waals surface area contributed by atoms with Crippen LogP contribution in [0.2, 0.25) is 0 Å². The van der Waals surface area contributed by atoms with Crippen LogP contribution in [0.15, 0.2) is 18.2 Å². The van der Waals surface area contributed by atoms with Gasteiger partial charge in [0.15, 0.2) is 0 Å². The lowest BCUT2D eigenvalue weighted by Gasteiger charge is -2.15. The predicted molar refractivity (Wildman–Crippen MR) is 66.4 cm³/mol. The van der Waals surface area contributed by atoms with E-state index >= 15 is 0 Å². The Balaban J connectivity index is 1.88. The van der Waals surface area contributed by atoms with Gasteiger partial charge in [-0.25, -0.2) is 0 Å². The van der Waals surface area contributed by atoms with Gasteiger partial charge in [-0.2, -0.15) is 0 Å². The van der Waals surface area contributed by atoms with Gasteiger partial charge in [-0.1, -0.05) is 13.0 Å². The molecule has 92 valence electrons. The van der Waals surface area contributed by atoms with E-state index in [1.807, 2.05) is 25.1 Å². The van der Waals surface area contributed by atoms with Gasteiger partial charge in [0.2, 0.25) is 5.91 Å². The number of aryl methyl sites for hydroxylation is 1. The van der Waals surface area contributed by atoms with Crippen LogP contribution in [0, 0.1) is 12.8 Å². The van der Waals surface area contributed by atoms with Crippen LogP contribution >= 0.6 is 0 Å². The van der Waals surface area contributed by atoms with Gasteiger partial charge in [0.1, 0.15) is 0 Å². The van der Waals surface area contributed by atoms with E-state index in [9.17, 15) is 4.79 Å². The molecule has 2 unspecified atom stereocenters. The van der Waals surface area contributed by atoms with Gasteiger partial charge in [-0.05, 0) is 37.9 Å². The van der Waals surface area contributed by atoms with Crippen molar-refractivity contribution in [1.82, 2.24) is 15.6 Å². The first-order chi connectivity index (χ1) is 8.16. The van der Waals surface area contributed by atoms with E-state index in [-0.39, 0.29) is 11.9 Å². The molecule has 17 heavy (non-hydrogen) atoms. The number of amides is 1. The average Bonchev–Trinajstić information content (AvgIpc) is 2.72. The Bertz CT molecular complexity index is 405. The van der Waals surface area contributed by atoms with Crippen LogP contribution in [0.25, 0.3) is 0 Å². The Hall–Kier alpha value is -1.42. The quantitative estimate of drug-likeness (QED) is 0.819. The summed E-state index contributed by atoms with van der Waals surface area (Å²) in [6.07, 6.45) is 1.07. The first kappa shape index (κ1) is 12.0. The zero-order chi connectivity index (χ0) is 12.3. The molecule has 0 saturated carbocycles. The fraction of sp³-hybridized carbons (Fsp3) is 0.538. The minimum absolute atomic E-state index is 0.0418. The zero-order valence-corrected chi connectivity index (χ0v) is 10.4. The highest BCUT2D eigenvalue weighted by atomic mass is 16.2. The number of hydrogen-bond acceptors (Lipinski definition) is 3. The van der Waals surface area contributed by atoms with Crippen LogP contribution in [0.4, 0.5) is 0 Å². The van der Waals surface area contributed by atoms with Crippen molar-refractivity contribution >= 4 is 5.91 Å². The monoisotopic (exact) mass is 233 g/mol. The number of nitrogens with one attached hydrogen (secondary N) is 2. The second-order valence-electron chi connectivity index (χ2n) is 4.69. The first-order valence-corrected chi connectivity index (χ1v) is 6.10. The molecule has 1 aromatic rings. The average molecular weight is 233 g/mol. The summed E-state index contributed by atoms with van der Waals surface area (Å²) < 4.78 is 0. The smallest absolute Gasteiger partial charge is 0.237 e. The molecule has 1 aliphatic heterocycles. The van der Waals surface area contributed by atoms with Crippen molar-refractivity contribution in [2.75, 3.05) is 6.54 Å². The van der Waals surface area contributed by atoms with Crippen molar-refractivity contribution in [2.45, 2.75) is 32.9 Å². The molecule has 1 aliphatic rings. The van der Waals surface area contributed by atoms with Gasteiger partial charge < -0.3 is 10.6 Å². The van der Waals surface area contributed by atoms with Crippen LogP contribution in [-0.4, -0.2) is 23.5 Å². The van der Waals surface area contributed by atoms with E-state index in [0.29, 0.717) is 12.5 Å². The molecule has 1 aromatic heterocycles. The number of carbonyl (C=O) groups excluding carboxylic acids is 1. The maximum absolute atomic E-state index is 11.9. The molecule has 4 nitrogen and oxygen atoms in total. The summed E-state index contributed by atoms with van der Waals surface area (Å²) in [6.45, 7) is 5.49. The summed E-state index contributed by atoms with van der Waals surface area (Å²) in [5.41, 5.74) is 1.88. The van der Waals surface area contributed by atoms with Gasteiger partial charge in [-0.15, -0.1) is 0 Å². The second kappa shape index (κ2) is 5.27. The number of pyridine rings is 1. The Kier molecular flexibility index (Phi) is 3.74. The highest BCUT2D eigenvalue weighted by Gasteiger charge is 2.28. The molecule has 1 amide bonds. The van der Waals surface area contributed by atoms with Gasteiger partial charge in [-0.3, -0.25) is 9.78 Å². The molecule has 0 radical (unpaired) electrons. The maximum Gasteiger partial charge on any atom is 0.237 e. The van der Waals surface area contributed by atoms with Crippen molar-refractivity contribution < 1.29 is 4.79 Å². The number of aromatic nitrogens is 1. The van der Waals surface area contributed by atoms with Crippen LogP contribution in [0.1, 0.15) is 24.7 Å². The third-order valence-corrected chi connectivity index (χ3v) is 3.21. The van der Waals surface area contributed by atoms with Gasteiger partial charge in [0.05, 0.1) is 18.3 Å². The number of hydrogen-bond donors (Lipinski definition) is 2.